The summed E-state index contributed by atoms with van der Waals surface area (Å²) in [5, 5.41) is 32.0. The number of aromatic nitrogens is 5. The summed E-state index contributed by atoms with van der Waals surface area (Å²) in [6.07, 6.45) is 4.13. The minimum absolute atomic E-state index is 0.0251. The van der Waals surface area contributed by atoms with Crippen LogP contribution in [0.25, 0.3) is 22.5 Å². The smallest absolute Gasteiger partial charge is 0.407 e. The van der Waals surface area contributed by atoms with E-state index < -0.39 is 23.7 Å². The van der Waals surface area contributed by atoms with Gasteiger partial charge < -0.3 is 25.8 Å². The zero-order valence-electron chi connectivity index (χ0n) is 28.5. The number of ether oxygens (including phenoxy) is 1. The molecule has 0 spiro atoms. The number of amides is 3. The van der Waals surface area contributed by atoms with E-state index >= 15 is 0 Å². The molecule has 262 valence electrons. The monoisotopic (exact) mass is 682 g/mol. The van der Waals surface area contributed by atoms with Crippen molar-refractivity contribution in [3.8, 4) is 22.5 Å². The maximum atomic E-state index is 13.7. The van der Waals surface area contributed by atoms with Crippen molar-refractivity contribution in [3.63, 3.8) is 0 Å². The molecule has 50 heavy (non-hydrogen) atoms. The number of carboxylic acids is 1. The Kier molecular flexibility index (Phi) is 11.2. The summed E-state index contributed by atoms with van der Waals surface area (Å²) in [6.45, 7) is 7.75. The Morgan fingerprint density at radius 1 is 0.980 bits per heavy atom. The van der Waals surface area contributed by atoms with E-state index in [0.29, 0.717) is 30.9 Å². The standard InChI is InChI=1S/C36H42N8O6/c1-21-17-30(34(47)48)37-20-28(21)24-9-5-22(6-10-24)18-29(33(46)39-27-15-13-25(14-16-27)31-41-43-44-42-31)40-32(45)26-11-7-23(8-12-26)19-38-35(49)50-36(2,3)4/h5-6,9-10,13-17,20,23,26,29H,7-8,11-12,18-19H2,1-4H3,(H,38,49)(H,39,46)(H,40,45)(H,47,48)(H,41,42,43,44)/t23?,26?,29-/m0/s1. The Morgan fingerprint density at radius 2 is 1.66 bits per heavy atom. The number of anilines is 1. The van der Waals surface area contributed by atoms with Crippen LogP contribution in [0.2, 0.25) is 0 Å². The number of carbonyl (C=O) groups is 4. The van der Waals surface area contributed by atoms with Crippen LogP contribution in [0.3, 0.4) is 0 Å². The topological polar surface area (TPSA) is 201 Å². The molecule has 0 bridgehead atoms. The van der Waals surface area contributed by atoms with Crippen LogP contribution in [-0.2, 0) is 20.7 Å². The summed E-state index contributed by atoms with van der Waals surface area (Å²) in [7, 11) is 0. The lowest BCUT2D eigenvalue weighted by molar-refractivity contribution is -0.130. The van der Waals surface area contributed by atoms with Crippen LogP contribution in [0.1, 0.15) is 68.1 Å². The molecule has 2 aromatic heterocycles. The van der Waals surface area contributed by atoms with Gasteiger partial charge in [0.15, 0.2) is 0 Å². The van der Waals surface area contributed by atoms with E-state index in [-0.39, 0.29) is 35.8 Å². The van der Waals surface area contributed by atoms with Crippen molar-refractivity contribution in [1.29, 1.82) is 0 Å². The Morgan fingerprint density at radius 3 is 2.26 bits per heavy atom. The average Bonchev–Trinajstić information content (AvgIpc) is 3.62. The first-order valence-electron chi connectivity index (χ1n) is 16.6. The number of benzene rings is 2. The highest BCUT2D eigenvalue weighted by Gasteiger charge is 2.30. The van der Waals surface area contributed by atoms with Crippen molar-refractivity contribution in [3.05, 3.63) is 77.6 Å². The van der Waals surface area contributed by atoms with E-state index in [1.165, 1.54) is 12.3 Å². The van der Waals surface area contributed by atoms with Crippen LogP contribution in [0.15, 0.2) is 60.8 Å². The maximum absolute atomic E-state index is 13.7. The molecular weight excluding hydrogens is 640 g/mol. The van der Waals surface area contributed by atoms with Crippen molar-refractivity contribution >= 4 is 29.6 Å². The quantitative estimate of drug-likeness (QED) is 0.144. The SMILES string of the molecule is Cc1cc(C(=O)O)ncc1-c1ccc(C[C@H](NC(=O)C2CCC(CNC(=O)OC(C)(C)C)CC2)C(=O)Nc2ccc(-c3nn[nH]n3)cc2)cc1. The van der Waals surface area contributed by atoms with Gasteiger partial charge in [-0.05, 0) is 112 Å². The van der Waals surface area contributed by atoms with E-state index in [0.717, 1.165) is 40.7 Å². The third kappa shape index (κ3) is 9.71. The highest BCUT2D eigenvalue weighted by Crippen LogP contribution is 2.29. The average molecular weight is 683 g/mol. The lowest BCUT2D eigenvalue weighted by Crippen LogP contribution is -2.48. The number of hydrogen-bond donors (Lipinski definition) is 5. The van der Waals surface area contributed by atoms with Crippen molar-refractivity contribution in [2.45, 2.75) is 71.4 Å². The minimum Gasteiger partial charge on any atom is -0.477 e. The van der Waals surface area contributed by atoms with Crippen molar-refractivity contribution in [2.24, 2.45) is 11.8 Å². The number of carbonyl (C=O) groups excluding carboxylic acids is 3. The highest BCUT2D eigenvalue weighted by atomic mass is 16.6. The van der Waals surface area contributed by atoms with Gasteiger partial charge in [-0.25, -0.2) is 14.6 Å². The fourth-order valence-corrected chi connectivity index (χ4v) is 5.92. The van der Waals surface area contributed by atoms with Crippen molar-refractivity contribution in [1.82, 2.24) is 36.2 Å². The predicted molar refractivity (Wildman–Crippen MR) is 185 cm³/mol. The van der Waals surface area contributed by atoms with E-state index in [1.54, 1.807) is 24.3 Å². The number of aromatic amines is 1. The molecule has 5 rings (SSSR count). The number of rotatable bonds is 11. The van der Waals surface area contributed by atoms with Gasteiger partial charge in [0.1, 0.15) is 17.3 Å². The molecule has 0 saturated heterocycles. The van der Waals surface area contributed by atoms with Gasteiger partial charge in [0, 0.05) is 41.9 Å². The van der Waals surface area contributed by atoms with E-state index in [1.807, 2.05) is 52.0 Å². The normalized spacial score (nSPS) is 16.6. The van der Waals surface area contributed by atoms with Gasteiger partial charge in [0.2, 0.25) is 17.6 Å². The third-order valence-electron chi connectivity index (χ3n) is 8.58. The zero-order chi connectivity index (χ0) is 35.8. The van der Waals surface area contributed by atoms with Gasteiger partial charge in [0.05, 0.1) is 0 Å². The first-order chi connectivity index (χ1) is 23.8. The van der Waals surface area contributed by atoms with Gasteiger partial charge in [-0.15, -0.1) is 10.2 Å². The number of nitrogens with zero attached hydrogens (tertiary/aromatic N) is 4. The predicted octanol–water partition coefficient (Wildman–Crippen LogP) is 4.93. The van der Waals surface area contributed by atoms with Crippen LogP contribution >= 0.6 is 0 Å². The first-order valence-corrected chi connectivity index (χ1v) is 16.6. The molecule has 3 amide bonds. The molecule has 1 aliphatic carbocycles. The van der Waals surface area contributed by atoms with E-state index in [9.17, 15) is 24.3 Å². The summed E-state index contributed by atoms with van der Waals surface area (Å²) in [5.74, 6) is -1.24. The summed E-state index contributed by atoms with van der Waals surface area (Å²) in [6, 6.07) is 15.2. The van der Waals surface area contributed by atoms with Gasteiger partial charge in [-0.3, -0.25) is 9.59 Å². The third-order valence-corrected chi connectivity index (χ3v) is 8.58. The largest absolute Gasteiger partial charge is 0.477 e. The molecule has 14 heteroatoms. The molecule has 5 N–H and O–H groups in total. The Labute approximate surface area is 289 Å². The lowest BCUT2D eigenvalue weighted by atomic mass is 9.81. The Hall–Kier alpha value is -5.66. The number of H-pyrrole nitrogens is 1. The molecule has 0 aliphatic heterocycles. The first kappa shape index (κ1) is 35.6. The minimum atomic E-state index is -1.09. The number of alkyl carbamates (subject to hydrolysis) is 1. The molecule has 0 unspecified atom stereocenters. The van der Waals surface area contributed by atoms with Crippen LogP contribution in [-0.4, -0.2) is 72.8 Å². The number of carboxylic acid groups (broad SMARTS) is 1. The molecule has 0 radical (unpaired) electrons. The molecule has 2 aromatic carbocycles. The molecule has 1 atom stereocenters. The molecule has 1 aliphatic rings. The highest BCUT2D eigenvalue weighted by molar-refractivity contribution is 5.97. The number of hydrogen-bond acceptors (Lipinski definition) is 9. The summed E-state index contributed by atoms with van der Waals surface area (Å²) in [4.78, 5) is 54.7. The molecular formula is C36H42N8O6. The van der Waals surface area contributed by atoms with E-state index in [2.05, 4.69) is 41.6 Å². The van der Waals surface area contributed by atoms with Crippen molar-refractivity contribution < 1.29 is 29.0 Å². The second kappa shape index (κ2) is 15.7. The number of tetrazole rings is 1. The van der Waals surface area contributed by atoms with Gasteiger partial charge in [-0.1, -0.05) is 24.3 Å². The summed E-state index contributed by atoms with van der Waals surface area (Å²) in [5.41, 5.74) is 3.91. The van der Waals surface area contributed by atoms with Crippen LogP contribution in [0.5, 0.6) is 0 Å². The second-order valence-corrected chi connectivity index (χ2v) is 13.6. The van der Waals surface area contributed by atoms with E-state index in [4.69, 9.17) is 4.74 Å². The zero-order valence-corrected chi connectivity index (χ0v) is 28.5. The van der Waals surface area contributed by atoms with Crippen LogP contribution < -0.4 is 16.0 Å². The maximum Gasteiger partial charge on any atom is 0.407 e. The van der Waals surface area contributed by atoms with Gasteiger partial charge >= 0.3 is 12.1 Å². The molecule has 4 aromatic rings. The van der Waals surface area contributed by atoms with Gasteiger partial charge in [0.25, 0.3) is 0 Å². The summed E-state index contributed by atoms with van der Waals surface area (Å²) < 4.78 is 5.33. The number of pyridine rings is 1. The second-order valence-electron chi connectivity index (χ2n) is 13.6. The fraction of sp³-hybridized carbons (Fsp3) is 0.389. The Bertz CT molecular complexity index is 1800. The fourth-order valence-electron chi connectivity index (χ4n) is 5.92. The van der Waals surface area contributed by atoms with Gasteiger partial charge in [-0.2, -0.15) is 5.21 Å². The molecule has 1 fully saturated rings. The summed E-state index contributed by atoms with van der Waals surface area (Å²) >= 11 is 0. The van der Waals surface area contributed by atoms with Crippen LogP contribution in [0.4, 0.5) is 10.5 Å². The lowest BCUT2D eigenvalue weighted by Gasteiger charge is -2.29. The molecule has 1 saturated carbocycles. The van der Waals surface area contributed by atoms with Crippen LogP contribution in [0, 0.1) is 18.8 Å². The molecule has 2 heterocycles. The molecule has 14 nitrogen and oxygen atoms in total. The number of nitrogens with one attached hydrogen (secondary N) is 4. The number of aryl methyl sites for hydroxylation is 1. The number of aromatic carboxylic acids is 1. The Balaban J connectivity index is 1.25. The van der Waals surface area contributed by atoms with Crippen molar-refractivity contribution in [2.75, 3.05) is 11.9 Å².